The molecule has 29 heavy (non-hydrogen) atoms. The van der Waals surface area contributed by atoms with E-state index >= 15 is 0 Å². The van der Waals surface area contributed by atoms with Crippen LogP contribution in [0.25, 0.3) is 0 Å². The van der Waals surface area contributed by atoms with Gasteiger partial charge in [-0.1, -0.05) is 72.8 Å². The van der Waals surface area contributed by atoms with Crippen LogP contribution in [-0.2, 0) is 9.47 Å². The first kappa shape index (κ1) is 27.9. The first-order valence-electron chi connectivity index (χ1n) is 11.7. The fourth-order valence-electron chi connectivity index (χ4n) is 2.93. The van der Waals surface area contributed by atoms with Crippen molar-refractivity contribution in [3.63, 3.8) is 0 Å². The second-order valence-corrected chi connectivity index (χ2v) is 8.69. The second kappa shape index (κ2) is 18.9. The van der Waals surface area contributed by atoms with Gasteiger partial charge in [-0.3, -0.25) is 0 Å². The number of rotatable bonds is 17. The lowest BCUT2D eigenvalue weighted by molar-refractivity contribution is -0.131. The smallest absolute Gasteiger partial charge is 0.158 e. The maximum atomic E-state index is 6.06. The molecule has 0 aromatic heterocycles. The zero-order valence-electron chi connectivity index (χ0n) is 20.5. The normalized spacial score (nSPS) is 12.4. The van der Waals surface area contributed by atoms with Gasteiger partial charge >= 0.3 is 0 Å². The number of hydrogen-bond donors (Lipinski definition) is 0. The van der Waals surface area contributed by atoms with Crippen LogP contribution in [0, 0.1) is 0 Å². The van der Waals surface area contributed by atoms with Crippen LogP contribution in [-0.4, -0.2) is 19.5 Å². The first-order chi connectivity index (χ1) is 13.8. The minimum Gasteiger partial charge on any atom is -0.349 e. The number of ether oxygens (including phenoxy) is 2. The highest BCUT2D eigenvalue weighted by atomic mass is 16.7. The molecule has 2 nitrogen and oxygen atoms in total. The predicted octanol–water partition coefficient (Wildman–Crippen LogP) is 8.70. The molecule has 0 spiro atoms. The van der Waals surface area contributed by atoms with Gasteiger partial charge in [0.2, 0.25) is 0 Å². The highest BCUT2D eigenvalue weighted by Crippen LogP contribution is 2.13. The Morgan fingerprint density at radius 2 is 1.14 bits per heavy atom. The molecule has 0 bridgehead atoms. The minimum absolute atomic E-state index is 0.101. The van der Waals surface area contributed by atoms with Crippen LogP contribution in [0.4, 0.5) is 0 Å². The third-order valence-electron chi connectivity index (χ3n) is 4.90. The lowest BCUT2D eigenvalue weighted by atomic mass is 10.1. The lowest BCUT2D eigenvalue weighted by Gasteiger charge is -2.17. The molecule has 2 heteroatoms. The number of allylic oxidation sites excluding steroid dienone is 6. The summed E-state index contributed by atoms with van der Waals surface area (Å²) in [5, 5.41) is 0. The van der Waals surface area contributed by atoms with E-state index < -0.39 is 0 Å². The molecule has 0 aliphatic heterocycles. The van der Waals surface area contributed by atoms with E-state index in [2.05, 4.69) is 72.8 Å². The van der Waals surface area contributed by atoms with Gasteiger partial charge in [-0.25, -0.2) is 0 Å². The maximum absolute atomic E-state index is 6.06. The zero-order chi connectivity index (χ0) is 21.9. The first-order valence-corrected chi connectivity index (χ1v) is 11.7. The molecule has 168 valence electrons. The zero-order valence-corrected chi connectivity index (χ0v) is 20.5. The van der Waals surface area contributed by atoms with Crippen molar-refractivity contribution in [2.75, 3.05) is 13.2 Å². The molecule has 0 fully saturated rings. The highest BCUT2D eigenvalue weighted by molar-refractivity contribution is 5.03. The van der Waals surface area contributed by atoms with Gasteiger partial charge < -0.3 is 9.47 Å². The van der Waals surface area contributed by atoms with Gasteiger partial charge in [-0.05, 0) is 80.1 Å². The lowest BCUT2D eigenvalue weighted by Crippen LogP contribution is -2.18. The van der Waals surface area contributed by atoms with Gasteiger partial charge in [0, 0.05) is 0 Å². The average molecular weight is 405 g/mol. The molecule has 0 amide bonds. The molecule has 0 atom stereocenters. The molecule has 0 radical (unpaired) electrons. The van der Waals surface area contributed by atoms with Crippen molar-refractivity contribution in [2.45, 2.75) is 113 Å². The van der Waals surface area contributed by atoms with Crippen LogP contribution in [0.2, 0.25) is 0 Å². The molecule has 0 aliphatic rings. The maximum Gasteiger partial charge on any atom is 0.158 e. The fraction of sp³-hybridized carbons (Fsp3) is 0.704. The van der Waals surface area contributed by atoms with Crippen LogP contribution in [0.15, 0.2) is 46.6 Å². The van der Waals surface area contributed by atoms with Crippen molar-refractivity contribution >= 4 is 0 Å². The summed E-state index contributed by atoms with van der Waals surface area (Å²) in [6.45, 7) is 16.5. The minimum atomic E-state index is -0.101. The molecule has 0 aliphatic carbocycles. The van der Waals surface area contributed by atoms with Crippen molar-refractivity contribution in [3.8, 4) is 0 Å². The van der Waals surface area contributed by atoms with Gasteiger partial charge in [-0.2, -0.15) is 0 Å². The largest absolute Gasteiger partial charge is 0.349 e. The second-order valence-electron chi connectivity index (χ2n) is 8.69. The third kappa shape index (κ3) is 19.9. The van der Waals surface area contributed by atoms with E-state index in [4.69, 9.17) is 9.47 Å². The van der Waals surface area contributed by atoms with E-state index in [1.54, 1.807) is 0 Å². The Bertz CT molecular complexity index is 473. The highest BCUT2D eigenvalue weighted by Gasteiger charge is 2.08. The van der Waals surface area contributed by atoms with Crippen LogP contribution in [0.1, 0.15) is 106 Å². The van der Waals surface area contributed by atoms with E-state index in [1.807, 2.05) is 0 Å². The van der Waals surface area contributed by atoms with Crippen molar-refractivity contribution < 1.29 is 9.47 Å². The average Bonchev–Trinajstić information content (AvgIpc) is 2.64. The van der Waals surface area contributed by atoms with Gasteiger partial charge in [0.1, 0.15) is 0 Å². The molecule has 0 unspecified atom stereocenters. The summed E-state index contributed by atoms with van der Waals surface area (Å²) < 4.78 is 12.1. The summed E-state index contributed by atoms with van der Waals surface area (Å²) in [6, 6.07) is 0. The topological polar surface area (TPSA) is 18.5 Å². The van der Waals surface area contributed by atoms with Crippen LogP contribution in [0.3, 0.4) is 0 Å². The molecule has 0 saturated heterocycles. The van der Waals surface area contributed by atoms with Crippen LogP contribution < -0.4 is 0 Å². The molecular weight excluding hydrogens is 356 g/mol. The predicted molar refractivity (Wildman–Crippen MR) is 129 cm³/mol. The van der Waals surface area contributed by atoms with Crippen LogP contribution in [0.5, 0.6) is 0 Å². The summed E-state index contributed by atoms with van der Waals surface area (Å²) in [5.41, 5.74) is 5.56. The summed E-state index contributed by atoms with van der Waals surface area (Å²) in [5.74, 6) is 0. The van der Waals surface area contributed by atoms with Crippen molar-refractivity contribution in [1.82, 2.24) is 0 Å². The molecule has 0 heterocycles. The standard InChI is InChI=1S/C27H48O2/c1-8-9-10-11-18-27(28-21-19-25(6)16-12-14-23(2)3)29-22-20-26(7)17-13-15-24(4)5/h14-15,19-20,27H,8-13,16-18,21-22H2,1-7H3/b25-19+,26-20+. The molecular formula is C27H48O2. The summed E-state index contributed by atoms with van der Waals surface area (Å²) in [7, 11) is 0. The molecule has 0 aromatic rings. The van der Waals surface area contributed by atoms with E-state index in [9.17, 15) is 0 Å². The number of unbranched alkanes of at least 4 members (excludes halogenated alkanes) is 3. The van der Waals surface area contributed by atoms with E-state index in [1.165, 1.54) is 48.0 Å². The summed E-state index contributed by atoms with van der Waals surface area (Å²) in [6.07, 6.45) is 19.3. The van der Waals surface area contributed by atoms with E-state index in [0.29, 0.717) is 13.2 Å². The quantitative estimate of drug-likeness (QED) is 0.137. The van der Waals surface area contributed by atoms with Gasteiger partial charge in [-0.15, -0.1) is 0 Å². The third-order valence-corrected chi connectivity index (χ3v) is 4.90. The molecule has 0 aromatic carbocycles. The Morgan fingerprint density at radius 1 is 0.655 bits per heavy atom. The molecule has 0 N–H and O–H groups in total. The number of hydrogen-bond acceptors (Lipinski definition) is 2. The Kier molecular flexibility index (Phi) is 18.2. The summed E-state index contributed by atoms with van der Waals surface area (Å²) >= 11 is 0. The Labute approximate surface area is 182 Å². The Balaban J connectivity index is 4.42. The van der Waals surface area contributed by atoms with Gasteiger partial charge in [0.05, 0.1) is 13.2 Å². The monoisotopic (exact) mass is 404 g/mol. The van der Waals surface area contributed by atoms with Crippen molar-refractivity contribution in [1.29, 1.82) is 0 Å². The van der Waals surface area contributed by atoms with Gasteiger partial charge in [0.15, 0.2) is 6.29 Å². The summed E-state index contributed by atoms with van der Waals surface area (Å²) in [4.78, 5) is 0. The Morgan fingerprint density at radius 3 is 1.55 bits per heavy atom. The van der Waals surface area contributed by atoms with Crippen LogP contribution >= 0.6 is 0 Å². The van der Waals surface area contributed by atoms with E-state index in [-0.39, 0.29) is 6.29 Å². The van der Waals surface area contributed by atoms with Crippen molar-refractivity contribution in [2.24, 2.45) is 0 Å². The SMILES string of the molecule is CCCCCCC(OC/C=C(\C)CCC=C(C)C)OC/C=C(\C)CCC=C(C)C. The molecule has 0 saturated carbocycles. The van der Waals surface area contributed by atoms with E-state index in [0.717, 1.165) is 32.1 Å². The fourth-order valence-corrected chi connectivity index (χ4v) is 2.93. The van der Waals surface area contributed by atoms with Crippen molar-refractivity contribution in [3.05, 3.63) is 46.6 Å². The Hall–Kier alpha value is -1.12. The molecule has 0 rings (SSSR count). The van der Waals surface area contributed by atoms with Gasteiger partial charge in [0.25, 0.3) is 0 Å².